The molecule has 0 unspecified atom stereocenters. The quantitative estimate of drug-likeness (QED) is 0.298. The Morgan fingerprint density at radius 2 is 1.43 bits per heavy atom. The fourth-order valence-electron chi connectivity index (χ4n) is 2.47. The number of hydrogen-bond acceptors (Lipinski definition) is 5. The largest absolute Gasteiger partial charge is 0.508 e. The Morgan fingerprint density at radius 3 is 2.17 bits per heavy atom. The Labute approximate surface area is 172 Å². The second kappa shape index (κ2) is 9.65. The van der Waals surface area contributed by atoms with Crippen molar-refractivity contribution >= 4 is 35.3 Å². The van der Waals surface area contributed by atoms with Crippen LogP contribution in [0.4, 0.5) is 11.4 Å². The lowest BCUT2D eigenvalue weighted by Crippen LogP contribution is -2.33. The first kappa shape index (κ1) is 20.3. The minimum absolute atomic E-state index is 0.102. The molecule has 0 bridgehead atoms. The van der Waals surface area contributed by atoms with E-state index in [1.165, 1.54) is 30.5 Å². The number of phenols is 1. The standard InChI is InChI=1S/C22H18N4O4/c27-17-12-10-15(11-13-17)14-23-26-22(30)21(29)25-19-9-5-4-8-18(19)20(28)24-16-6-2-1-3-7-16/h1-14,27H,(H,24,28)(H,25,29)(H,26,30). The van der Waals surface area contributed by atoms with Gasteiger partial charge in [-0.25, -0.2) is 5.43 Å². The zero-order chi connectivity index (χ0) is 21.3. The second-order valence-corrected chi connectivity index (χ2v) is 6.11. The lowest BCUT2D eigenvalue weighted by atomic mass is 10.1. The fraction of sp³-hybridized carbons (Fsp3) is 0. The molecule has 0 fully saturated rings. The van der Waals surface area contributed by atoms with Crippen LogP contribution in [0.3, 0.4) is 0 Å². The van der Waals surface area contributed by atoms with E-state index < -0.39 is 17.7 Å². The summed E-state index contributed by atoms with van der Waals surface area (Å²) in [7, 11) is 0. The highest BCUT2D eigenvalue weighted by molar-refractivity contribution is 6.40. The first-order valence-electron chi connectivity index (χ1n) is 8.92. The number of phenolic OH excluding ortho intramolecular Hbond substituents is 1. The lowest BCUT2D eigenvalue weighted by Gasteiger charge is -2.11. The van der Waals surface area contributed by atoms with E-state index in [1.54, 1.807) is 48.5 Å². The SMILES string of the molecule is O=C(NN=Cc1ccc(O)cc1)C(=O)Nc1ccccc1C(=O)Nc1ccccc1. The van der Waals surface area contributed by atoms with Gasteiger partial charge in [0.25, 0.3) is 5.91 Å². The first-order chi connectivity index (χ1) is 14.5. The predicted molar refractivity (Wildman–Crippen MR) is 113 cm³/mol. The van der Waals surface area contributed by atoms with E-state index in [4.69, 9.17) is 0 Å². The number of aromatic hydroxyl groups is 1. The van der Waals surface area contributed by atoms with Gasteiger partial charge in [-0.2, -0.15) is 5.10 Å². The van der Waals surface area contributed by atoms with Crippen molar-refractivity contribution in [3.05, 3.63) is 90.0 Å². The molecule has 30 heavy (non-hydrogen) atoms. The smallest absolute Gasteiger partial charge is 0.329 e. The Bertz CT molecular complexity index is 1080. The van der Waals surface area contributed by atoms with Crippen LogP contribution in [0.15, 0.2) is 84.0 Å². The number of hydrogen-bond donors (Lipinski definition) is 4. The van der Waals surface area contributed by atoms with Crippen LogP contribution < -0.4 is 16.1 Å². The van der Waals surface area contributed by atoms with Gasteiger partial charge in [0.2, 0.25) is 0 Å². The number of carbonyl (C=O) groups is 3. The minimum atomic E-state index is -0.997. The van der Waals surface area contributed by atoms with Crippen LogP contribution in [0.25, 0.3) is 0 Å². The van der Waals surface area contributed by atoms with Crippen LogP contribution in [0.1, 0.15) is 15.9 Å². The van der Waals surface area contributed by atoms with Gasteiger partial charge in [0.1, 0.15) is 5.75 Å². The Kier molecular flexibility index (Phi) is 6.52. The minimum Gasteiger partial charge on any atom is -0.508 e. The number of amides is 3. The van der Waals surface area contributed by atoms with Gasteiger partial charge in [-0.15, -0.1) is 0 Å². The van der Waals surface area contributed by atoms with E-state index in [1.807, 2.05) is 6.07 Å². The third-order valence-electron chi connectivity index (χ3n) is 3.93. The topological polar surface area (TPSA) is 120 Å². The molecule has 0 aromatic heterocycles. The molecule has 4 N–H and O–H groups in total. The van der Waals surface area contributed by atoms with Gasteiger partial charge in [-0.1, -0.05) is 30.3 Å². The van der Waals surface area contributed by atoms with E-state index in [2.05, 4.69) is 21.2 Å². The molecule has 3 amide bonds. The molecule has 0 atom stereocenters. The molecule has 0 radical (unpaired) electrons. The number of benzene rings is 3. The maximum Gasteiger partial charge on any atom is 0.329 e. The van der Waals surface area contributed by atoms with E-state index in [-0.39, 0.29) is 17.0 Å². The summed E-state index contributed by atoms with van der Waals surface area (Å²) >= 11 is 0. The van der Waals surface area contributed by atoms with Crippen molar-refractivity contribution in [2.24, 2.45) is 5.10 Å². The molecule has 0 saturated carbocycles. The zero-order valence-electron chi connectivity index (χ0n) is 15.7. The molecule has 3 aromatic rings. The van der Waals surface area contributed by atoms with Crippen LogP contribution in [0.2, 0.25) is 0 Å². The molecular weight excluding hydrogens is 384 g/mol. The number of para-hydroxylation sites is 2. The summed E-state index contributed by atoms with van der Waals surface area (Å²) in [6.07, 6.45) is 1.33. The molecule has 0 saturated heterocycles. The van der Waals surface area contributed by atoms with Crippen LogP contribution in [0.5, 0.6) is 5.75 Å². The van der Waals surface area contributed by atoms with E-state index in [0.717, 1.165) is 0 Å². The Morgan fingerprint density at radius 1 is 0.767 bits per heavy atom. The highest BCUT2D eigenvalue weighted by atomic mass is 16.3. The Balaban J connectivity index is 1.62. The van der Waals surface area contributed by atoms with Crippen molar-refractivity contribution in [1.29, 1.82) is 0 Å². The van der Waals surface area contributed by atoms with Crippen LogP contribution in [-0.4, -0.2) is 29.0 Å². The van der Waals surface area contributed by atoms with Crippen LogP contribution in [-0.2, 0) is 9.59 Å². The van der Waals surface area contributed by atoms with Gasteiger partial charge in [-0.05, 0) is 54.1 Å². The van der Waals surface area contributed by atoms with Crippen molar-refractivity contribution in [2.75, 3.05) is 10.6 Å². The van der Waals surface area contributed by atoms with Crippen molar-refractivity contribution < 1.29 is 19.5 Å². The van der Waals surface area contributed by atoms with Gasteiger partial charge >= 0.3 is 11.8 Å². The number of hydrazone groups is 1. The van der Waals surface area contributed by atoms with E-state index >= 15 is 0 Å². The summed E-state index contributed by atoms with van der Waals surface area (Å²) in [5, 5.41) is 18.1. The Hall–Kier alpha value is -4.46. The number of nitrogens with zero attached hydrogens (tertiary/aromatic N) is 1. The fourth-order valence-corrected chi connectivity index (χ4v) is 2.47. The number of carbonyl (C=O) groups excluding carboxylic acids is 3. The van der Waals surface area contributed by atoms with Gasteiger partial charge in [0, 0.05) is 5.69 Å². The van der Waals surface area contributed by atoms with Crippen LogP contribution >= 0.6 is 0 Å². The molecule has 150 valence electrons. The monoisotopic (exact) mass is 402 g/mol. The average Bonchev–Trinajstić information content (AvgIpc) is 2.76. The third-order valence-corrected chi connectivity index (χ3v) is 3.93. The third kappa shape index (κ3) is 5.52. The molecule has 3 aromatic carbocycles. The first-order valence-corrected chi connectivity index (χ1v) is 8.92. The molecule has 0 spiro atoms. The summed E-state index contributed by atoms with van der Waals surface area (Å²) in [4.78, 5) is 36.7. The molecule has 8 nitrogen and oxygen atoms in total. The van der Waals surface area contributed by atoms with Gasteiger partial charge < -0.3 is 15.7 Å². The van der Waals surface area contributed by atoms with Crippen LogP contribution in [0, 0.1) is 0 Å². The second-order valence-electron chi connectivity index (χ2n) is 6.11. The molecule has 0 aliphatic carbocycles. The molecule has 3 rings (SSSR count). The van der Waals surface area contributed by atoms with Crippen molar-refractivity contribution in [1.82, 2.24) is 5.43 Å². The van der Waals surface area contributed by atoms with E-state index in [0.29, 0.717) is 11.3 Å². The normalized spacial score (nSPS) is 10.4. The number of nitrogens with one attached hydrogen (secondary N) is 3. The molecule has 8 heteroatoms. The van der Waals surface area contributed by atoms with Gasteiger partial charge in [-0.3, -0.25) is 14.4 Å². The summed E-state index contributed by atoms with van der Waals surface area (Å²) < 4.78 is 0. The molecule has 0 aliphatic rings. The zero-order valence-corrected chi connectivity index (χ0v) is 15.7. The van der Waals surface area contributed by atoms with Crippen molar-refractivity contribution in [3.8, 4) is 5.75 Å². The predicted octanol–water partition coefficient (Wildman–Crippen LogP) is 2.73. The summed E-state index contributed by atoms with van der Waals surface area (Å²) in [6.45, 7) is 0. The number of rotatable bonds is 5. The maximum absolute atomic E-state index is 12.5. The summed E-state index contributed by atoms with van der Waals surface area (Å²) in [5.74, 6) is -2.30. The van der Waals surface area contributed by atoms with Gasteiger partial charge in [0.05, 0.1) is 17.5 Å². The van der Waals surface area contributed by atoms with E-state index in [9.17, 15) is 19.5 Å². The molecule has 0 heterocycles. The summed E-state index contributed by atoms with van der Waals surface area (Å²) in [5.41, 5.74) is 3.73. The lowest BCUT2D eigenvalue weighted by molar-refractivity contribution is -0.136. The summed E-state index contributed by atoms with van der Waals surface area (Å²) in [6, 6.07) is 21.3. The van der Waals surface area contributed by atoms with Crippen molar-refractivity contribution in [3.63, 3.8) is 0 Å². The average molecular weight is 402 g/mol. The highest BCUT2D eigenvalue weighted by Gasteiger charge is 2.17. The maximum atomic E-state index is 12.5. The number of anilines is 2. The molecule has 0 aliphatic heterocycles. The highest BCUT2D eigenvalue weighted by Crippen LogP contribution is 2.17. The van der Waals surface area contributed by atoms with Gasteiger partial charge in [0.15, 0.2) is 0 Å². The van der Waals surface area contributed by atoms with Crippen molar-refractivity contribution in [2.45, 2.75) is 0 Å². The molecular formula is C22H18N4O4.